The van der Waals surface area contributed by atoms with Gasteiger partial charge in [-0.05, 0) is 31.5 Å². The zero-order valence-corrected chi connectivity index (χ0v) is 10.9. The normalized spacial score (nSPS) is 10.3. The molecule has 0 amide bonds. The summed E-state index contributed by atoms with van der Waals surface area (Å²) in [7, 11) is 1.96. The van der Waals surface area contributed by atoms with Crippen LogP contribution in [-0.2, 0) is 0 Å². The maximum absolute atomic E-state index is 10.8. The van der Waals surface area contributed by atoms with Crippen LogP contribution in [0.25, 0.3) is 0 Å². The van der Waals surface area contributed by atoms with Gasteiger partial charge < -0.3 is 4.90 Å². The number of carbonyl (C=O) groups is 1. The van der Waals surface area contributed by atoms with Crippen molar-refractivity contribution in [2.75, 3.05) is 11.9 Å². The molecule has 0 N–H and O–H groups in total. The molecular weight excluding hydrogens is 232 g/mol. The summed E-state index contributed by atoms with van der Waals surface area (Å²) >= 11 is 1.42. The predicted octanol–water partition coefficient (Wildman–Crippen LogP) is 3.34. The molecule has 17 heavy (non-hydrogen) atoms. The molecule has 1 aromatic heterocycles. The predicted molar refractivity (Wildman–Crippen MR) is 71.5 cm³/mol. The molecule has 1 heterocycles. The van der Waals surface area contributed by atoms with Crippen LogP contribution in [0.5, 0.6) is 0 Å². The minimum atomic E-state index is 0.694. The summed E-state index contributed by atoms with van der Waals surface area (Å²) in [6.45, 7) is 3.91. The highest BCUT2D eigenvalue weighted by Gasteiger charge is 2.11. The number of benzene rings is 1. The van der Waals surface area contributed by atoms with Crippen LogP contribution in [-0.4, -0.2) is 18.3 Å². The van der Waals surface area contributed by atoms with E-state index in [1.807, 2.05) is 31.0 Å². The number of hydrogen-bond donors (Lipinski definition) is 0. The number of carbonyl (C=O) groups excluding carboxylic acids is 1. The average molecular weight is 246 g/mol. The Morgan fingerprint density at radius 2 is 2.12 bits per heavy atom. The monoisotopic (exact) mass is 246 g/mol. The number of nitrogens with zero attached hydrogens (tertiary/aromatic N) is 2. The first kappa shape index (κ1) is 11.8. The zero-order valence-electron chi connectivity index (χ0n) is 10.1. The van der Waals surface area contributed by atoms with Crippen LogP contribution in [0.2, 0.25) is 0 Å². The van der Waals surface area contributed by atoms with Crippen molar-refractivity contribution in [2.45, 2.75) is 13.8 Å². The second kappa shape index (κ2) is 4.67. The Bertz CT molecular complexity index is 548. The molecule has 3 nitrogen and oxygen atoms in total. The van der Waals surface area contributed by atoms with Crippen LogP contribution in [0.15, 0.2) is 24.3 Å². The van der Waals surface area contributed by atoms with Gasteiger partial charge in [-0.1, -0.05) is 23.5 Å². The Kier molecular flexibility index (Phi) is 3.24. The highest BCUT2D eigenvalue weighted by Crippen LogP contribution is 2.29. The number of hydrogen-bond acceptors (Lipinski definition) is 4. The molecule has 0 aliphatic heterocycles. The molecule has 88 valence electrons. The molecule has 0 aliphatic carbocycles. The highest BCUT2D eigenvalue weighted by molar-refractivity contribution is 7.17. The standard InChI is InChI=1S/C13H14N2OS/c1-9-5-4-6-11(7-9)15(3)13-14-10(2)12(8-16)17-13/h4-8H,1-3H3. The third-order valence-corrected chi connectivity index (χ3v) is 3.76. The number of aryl methyl sites for hydroxylation is 2. The summed E-state index contributed by atoms with van der Waals surface area (Å²) in [5, 5.41) is 0.843. The van der Waals surface area contributed by atoms with Gasteiger partial charge in [-0.15, -0.1) is 0 Å². The number of thiazole rings is 1. The van der Waals surface area contributed by atoms with Gasteiger partial charge in [0.15, 0.2) is 11.4 Å². The first-order valence-electron chi connectivity index (χ1n) is 5.35. The van der Waals surface area contributed by atoms with Crippen molar-refractivity contribution in [1.82, 2.24) is 4.98 Å². The zero-order chi connectivity index (χ0) is 12.4. The number of rotatable bonds is 3. The fraction of sp³-hybridized carbons (Fsp3) is 0.231. The Hall–Kier alpha value is -1.68. The third kappa shape index (κ3) is 2.36. The number of anilines is 2. The van der Waals surface area contributed by atoms with E-state index in [0.717, 1.165) is 22.8 Å². The summed E-state index contributed by atoms with van der Waals surface area (Å²) < 4.78 is 0. The second-order valence-electron chi connectivity index (χ2n) is 3.96. The summed E-state index contributed by atoms with van der Waals surface area (Å²) in [5.41, 5.74) is 3.08. The van der Waals surface area contributed by atoms with Gasteiger partial charge in [0.2, 0.25) is 0 Å². The SMILES string of the molecule is Cc1cccc(N(C)c2nc(C)c(C=O)s2)c1. The van der Waals surface area contributed by atoms with Gasteiger partial charge in [-0.2, -0.15) is 0 Å². The molecule has 0 radical (unpaired) electrons. The quantitative estimate of drug-likeness (QED) is 0.779. The first-order valence-corrected chi connectivity index (χ1v) is 6.16. The van der Waals surface area contributed by atoms with Gasteiger partial charge >= 0.3 is 0 Å². The molecular formula is C13H14N2OS. The lowest BCUT2D eigenvalue weighted by Gasteiger charge is -2.16. The van der Waals surface area contributed by atoms with Crippen molar-refractivity contribution in [1.29, 1.82) is 0 Å². The minimum absolute atomic E-state index is 0.694. The summed E-state index contributed by atoms with van der Waals surface area (Å²) in [5.74, 6) is 0. The van der Waals surface area contributed by atoms with E-state index in [4.69, 9.17) is 0 Å². The molecule has 4 heteroatoms. The van der Waals surface area contributed by atoms with Gasteiger partial charge in [0.05, 0.1) is 10.6 Å². The Balaban J connectivity index is 2.36. The average Bonchev–Trinajstić information content (AvgIpc) is 2.69. The number of aromatic nitrogens is 1. The van der Waals surface area contributed by atoms with Crippen LogP contribution in [0.4, 0.5) is 10.8 Å². The molecule has 2 rings (SSSR count). The van der Waals surface area contributed by atoms with Crippen LogP contribution in [0, 0.1) is 13.8 Å². The van der Waals surface area contributed by atoms with E-state index in [2.05, 4.69) is 24.0 Å². The van der Waals surface area contributed by atoms with E-state index in [0.29, 0.717) is 4.88 Å². The molecule has 0 saturated carbocycles. The van der Waals surface area contributed by atoms with Crippen molar-refractivity contribution >= 4 is 28.4 Å². The Morgan fingerprint density at radius 3 is 2.71 bits per heavy atom. The van der Waals surface area contributed by atoms with Crippen molar-refractivity contribution < 1.29 is 4.79 Å². The maximum Gasteiger partial charge on any atom is 0.190 e. The van der Waals surface area contributed by atoms with E-state index in [1.165, 1.54) is 16.9 Å². The molecule has 2 aromatic rings. The molecule has 0 atom stereocenters. The van der Waals surface area contributed by atoms with Gasteiger partial charge in [0.1, 0.15) is 0 Å². The molecule has 0 bridgehead atoms. The smallest absolute Gasteiger partial charge is 0.190 e. The van der Waals surface area contributed by atoms with Gasteiger partial charge in [0, 0.05) is 12.7 Å². The lowest BCUT2D eigenvalue weighted by Crippen LogP contribution is -2.08. The Morgan fingerprint density at radius 1 is 1.35 bits per heavy atom. The van der Waals surface area contributed by atoms with Crippen molar-refractivity contribution in [3.05, 3.63) is 40.4 Å². The van der Waals surface area contributed by atoms with Gasteiger partial charge in [-0.25, -0.2) is 4.98 Å². The molecule has 0 aliphatic rings. The fourth-order valence-electron chi connectivity index (χ4n) is 1.59. The molecule has 0 spiro atoms. The summed E-state index contributed by atoms with van der Waals surface area (Å²) in [4.78, 5) is 17.9. The van der Waals surface area contributed by atoms with E-state index in [1.54, 1.807) is 0 Å². The molecule has 0 fully saturated rings. The largest absolute Gasteiger partial charge is 0.321 e. The van der Waals surface area contributed by atoms with Crippen molar-refractivity contribution in [3.8, 4) is 0 Å². The van der Waals surface area contributed by atoms with Crippen LogP contribution in [0.1, 0.15) is 20.9 Å². The van der Waals surface area contributed by atoms with Crippen molar-refractivity contribution in [3.63, 3.8) is 0 Å². The summed E-state index contributed by atoms with van der Waals surface area (Å²) in [6.07, 6.45) is 0.862. The van der Waals surface area contributed by atoms with E-state index in [-0.39, 0.29) is 0 Å². The van der Waals surface area contributed by atoms with Gasteiger partial charge in [-0.3, -0.25) is 4.79 Å². The number of aldehydes is 1. The lowest BCUT2D eigenvalue weighted by molar-refractivity contribution is 0.112. The topological polar surface area (TPSA) is 33.2 Å². The van der Waals surface area contributed by atoms with Crippen LogP contribution >= 0.6 is 11.3 Å². The van der Waals surface area contributed by atoms with E-state index < -0.39 is 0 Å². The summed E-state index contributed by atoms with van der Waals surface area (Å²) in [6, 6.07) is 8.20. The van der Waals surface area contributed by atoms with Crippen molar-refractivity contribution in [2.24, 2.45) is 0 Å². The first-order chi connectivity index (χ1) is 8.11. The third-order valence-electron chi connectivity index (χ3n) is 2.60. The molecule has 0 unspecified atom stereocenters. The van der Waals surface area contributed by atoms with E-state index in [9.17, 15) is 4.79 Å². The fourth-order valence-corrected chi connectivity index (χ4v) is 2.46. The van der Waals surface area contributed by atoms with Crippen LogP contribution in [0.3, 0.4) is 0 Å². The minimum Gasteiger partial charge on any atom is -0.321 e. The Labute approximate surface area is 105 Å². The van der Waals surface area contributed by atoms with E-state index >= 15 is 0 Å². The second-order valence-corrected chi connectivity index (χ2v) is 4.97. The maximum atomic E-state index is 10.8. The highest BCUT2D eigenvalue weighted by atomic mass is 32.1. The van der Waals surface area contributed by atoms with Crippen LogP contribution < -0.4 is 4.90 Å². The lowest BCUT2D eigenvalue weighted by atomic mass is 10.2. The molecule has 1 aromatic carbocycles. The van der Waals surface area contributed by atoms with Gasteiger partial charge in [0.25, 0.3) is 0 Å². The molecule has 0 saturated heterocycles.